The van der Waals surface area contributed by atoms with Gasteiger partial charge in [-0.3, -0.25) is 4.79 Å². The number of amides is 1. The molecule has 0 unspecified atom stereocenters. The third-order valence-electron chi connectivity index (χ3n) is 3.11. The first-order chi connectivity index (χ1) is 10.5. The van der Waals surface area contributed by atoms with Crippen LogP contribution in [-0.4, -0.2) is 28.7 Å². The van der Waals surface area contributed by atoms with E-state index in [2.05, 4.69) is 15.3 Å². The summed E-state index contributed by atoms with van der Waals surface area (Å²) in [5.41, 5.74) is 2.60. The van der Waals surface area contributed by atoms with E-state index in [4.69, 9.17) is 4.74 Å². The Morgan fingerprint density at radius 1 is 1.18 bits per heavy atom. The van der Waals surface area contributed by atoms with E-state index < -0.39 is 0 Å². The van der Waals surface area contributed by atoms with E-state index in [9.17, 15) is 4.79 Å². The van der Waals surface area contributed by atoms with E-state index in [0.717, 1.165) is 4.90 Å². The van der Waals surface area contributed by atoms with Gasteiger partial charge in [0.15, 0.2) is 0 Å². The van der Waals surface area contributed by atoms with Crippen LogP contribution in [0, 0.1) is 13.8 Å². The lowest BCUT2D eigenvalue weighted by atomic mass is 10.2. The van der Waals surface area contributed by atoms with Crippen LogP contribution in [0.4, 0.5) is 5.69 Å². The number of carbonyl (C=O) groups is 1. The second-order valence-corrected chi connectivity index (χ2v) is 5.55. The van der Waals surface area contributed by atoms with E-state index in [1.807, 2.05) is 39.2 Å². The predicted octanol–water partition coefficient (Wildman–Crippen LogP) is 3.47. The van der Waals surface area contributed by atoms with Gasteiger partial charge in [0.2, 0.25) is 0 Å². The normalized spacial score (nSPS) is 10.4. The molecular formula is C16H19N3O2S. The molecule has 0 spiro atoms. The maximum atomic E-state index is 12.3. The summed E-state index contributed by atoms with van der Waals surface area (Å²) < 4.78 is 5.30. The van der Waals surface area contributed by atoms with Gasteiger partial charge in [0.25, 0.3) is 5.91 Å². The lowest BCUT2D eigenvalue weighted by Crippen LogP contribution is -2.15. The quantitative estimate of drug-likeness (QED) is 0.856. The maximum Gasteiger partial charge on any atom is 0.316 e. The van der Waals surface area contributed by atoms with Gasteiger partial charge in [-0.25, -0.2) is 0 Å². The van der Waals surface area contributed by atoms with Crippen LogP contribution in [0.15, 0.2) is 29.2 Å². The van der Waals surface area contributed by atoms with Crippen LogP contribution in [0.2, 0.25) is 0 Å². The van der Waals surface area contributed by atoms with Crippen LogP contribution < -0.4 is 10.1 Å². The summed E-state index contributed by atoms with van der Waals surface area (Å²) in [7, 11) is 0. The van der Waals surface area contributed by atoms with Crippen molar-refractivity contribution >= 4 is 23.4 Å². The molecule has 0 atom stereocenters. The van der Waals surface area contributed by atoms with Gasteiger partial charge in [-0.2, -0.15) is 9.97 Å². The highest BCUT2D eigenvalue weighted by atomic mass is 32.2. The van der Waals surface area contributed by atoms with Gasteiger partial charge >= 0.3 is 6.01 Å². The van der Waals surface area contributed by atoms with Gasteiger partial charge in [-0.1, -0.05) is 0 Å². The zero-order valence-electron chi connectivity index (χ0n) is 13.1. The molecule has 6 heteroatoms. The first-order valence-corrected chi connectivity index (χ1v) is 8.21. The molecule has 0 aliphatic heterocycles. The van der Waals surface area contributed by atoms with E-state index in [1.165, 1.54) is 0 Å². The Morgan fingerprint density at radius 2 is 1.77 bits per heavy atom. The number of nitrogens with one attached hydrogen (secondary N) is 1. The first kappa shape index (κ1) is 16.3. The molecule has 1 aromatic carbocycles. The molecule has 0 fully saturated rings. The zero-order valence-corrected chi connectivity index (χ0v) is 14.0. The number of aromatic nitrogens is 2. The standard InChI is InChI=1S/C16H19N3O2S/c1-5-21-16-17-10(2)14(11(3)18-16)19-15(20)12-6-8-13(22-4)9-7-12/h6-9H,5H2,1-4H3,(H,19,20). The van der Waals surface area contributed by atoms with Crippen molar-refractivity contribution in [1.82, 2.24) is 9.97 Å². The smallest absolute Gasteiger partial charge is 0.316 e. The van der Waals surface area contributed by atoms with Crippen molar-refractivity contribution in [3.05, 3.63) is 41.2 Å². The molecule has 1 amide bonds. The van der Waals surface area contributed by atoms with Crippen LogP contribution in [0.25, 0.3) is 0 Å². The minimum atomic E-state index is -0.174. The van der Waals surface area contributed by atoms with Gasteiger partial charge < -0.3 is 10.1 Å². The highest BCUT2D eigenvalue weighted by Crippen LogP contribution is 2.21. The van der Waals surface area contributed by atoms with Crippen LogP contribution in [0.1, 0.15) is 28.7 Å². The van der Waals surface area contributed by atoms with Crippen molar-refractivity contribution in [3.63, 3.8) is 0 Å². The number of nitrogens with zero attached hydrogens (tertiary/aromatic N) is 2. The molecule has 22 heavy (non-hydrogen) atoms. The molecule has 5 nitrogen and oxygen atoms in total. The molecule has 1 aromatic heterocycles. The molecule has 0 bridgehead atoms. The largest absolute Gasteiger partial charge is 0.464 e. The Balaban J connectivity index is 2.20. The summed E-state index contributed by atoms with van der Waals surface area (Å²) in [4.78, 5) is 21.9. The minimum absolute atomic E-state index is 0.174. The van der Waals surface area contributed by atoms with Crippen molar-refractivity contribution in [2.45, 2.75) is 25.7 Å². The molecular weight excluding hydrogens is 298 g/mol. The Kier molecular flexibility index (Phi) is 5.38. The van der Waals surface area contributed by atoms with Crippen molar-refractivity contribution in [2.75, 3.05) is 18.2 Å². The number of hydrogen-bond acceptors (Lipinski definition) is 5. The number of benzene rings is 1. The van der Waals surface area contributed by atoms with Crippen molar-refractivity contribution in [2.24, 2.45) is 0 Å². The Hall–Kier alpha value is -2.08. The number of thioether (sulfide) groups is 1. The monoisotopic (exact) mass is 317 g/mol. The lowest BCUT2D eigenvalue weighted by Gasteiger charge is -2.12. The Labute approximate surface area is 134 Å². The highest BCUT2D eigenvalue weighted by molar-refractivity contribution is 7.98. The molecule has 0 aliphatic carbocycles. The molecule has 1 heterocycles. The second kappa shape index (κ2) is 7.26. The summed E-state index contributed by atoms with van der Waals surface area (Å²) in [6, 6.07) is 7.80. The zero-order chi connectivity index (χ0) is 16.1. The van der Waals surface area contributed by atoms with E-state index >= 15 is 0 Å². The Morgan fingerprint density at radius 3 is 2.27 bits per heavy atom. The van der Waals surface area contributed by atoms with E-state index in [-0.39, 0.29) is 5.91 Å². The molecule has 1 N–H and O–H groups in total. The molecule has 2 aromatic rings. The fourth-order valence-corrected chi connectivity index (χ4v) is 2.40. The topological polar surface area (TPSA) is 64.1 Å². The van der Waals surface area contributed by atoms with E-state index in [1.54, 1.807) is 23.9 Å². The van der Waals surface area contributed by atoms with Crippen molar-refractivity contribution in [1.29, 1.82) is 0 Å². The molecule has 0 aliphatic rings. The number of anilines is 1. The van der Waals surface area contributed by atoms with Crippen LogP contribution in [-0.2, 0) is 0 Å². The summed E-state index contributed by atoms with van der Waals surface area (Å²) in [5.74, 6) is -0.174. The van der Waals surface area contributed by atoms with Crippen LogP contribution in [0.5, 0.6) is 6.01 Å². The molecule has 2 rings (SSSR count). The number of carbonyl (C=O) groups excluding carboxylic acids is 1. The average Bonchev–Trinajstić information content (AvgIpc) is 2.51. The van der Waals surface area contributed by atoms with Crippen molar-refractivity contribution < 1.29 is 9.53 Å². The molecule has 0 saturated carbocycles. The average molecular weight is 317 g/mol. The number of ether oxygens (including phenoxy) is 1. The lowest BCUT2D eigenvalue weighted by molar-refractivity contribution is 0.102. The number of rotatable bonds is 5. The fraction of sp³-hybridized carbons (Fsp3) is 0.312. The summed E-state index contributed by atoms with van der Waals surface area (Å²) in [5, 5.41) is 2.88. The molecule has 116 valence electrons. The van der Waals surface area contributed by atoms with Gasteiger partial charge in [0.05, 0.1) is 23.7 Å². The number of hydrogen-bond donors (Lipinski definition) is 1. The molecule has 0 radical (unpaired) electrons. The minimum Gasteiger partial charge on any atom is -0.464 e. The first-order valence-electron chi connectivity index (χ1n) is 6.98. The summed E-state index contributed by atoms with van der Waals surface area (Å²) >= 11 is 1.64. The van der Waals surface area contributed by atoms with E-state index in [0.29, 0.717) is 35.3 Å². The Bertz CT molecular complexity index is 649. The van der Waals surface area contributed by atoms with Crippen molar-refractivity contribution in [3.8, 4) is 6.01 Å². The SMILES string of the molecule is CCOc1nc(C)c(NC(=O)c2ccc(SC)cc2)c(C)n1. The van der Waals surface area contributed by atoms with Gasteiger partial charge in [-0.15, -0.1) is 11.8 Å². The highest BCUT2D eigenvalue weighted by Gasteiger charge is 2.13. The summed E-state index contributed by atoms with van der Waals surface area (Å²) in [6.45, 7) is 6.03. The third-order valence-corrected chi connectivity index (χ3v) is 3.86. The second-order valence-electron chi connectivity index (χ2n) is 4.67. The van der Waals surface area contributed by atoms with Crippen LogP contribution >= 0.6 is 11.8 Å². The predicted molar refractivity (Wildman–Crippen MR) is 88.9 cm³/mol. The van der Waals surface area contributed by atoms with Gasteiger partial charge in [0, 0.05) is 10.5 Å². The molecule has 0 saturated heterocycles. The summed E-state index contributed by atoms with van der Waals surface area (Å²) in [6.07, 6.45) is 2.00. The van der Waals surface area contributed by atoms with Gasteiger partial charge in [-0.05, 0) is 51.3 Å². The fourth-order valence-electron chi connectivity index (χ4n) is 1.99. The van der Waals surface area contributed by atoms with Gasteiger partial charge in [0.1, 0.15) is 0 Å². The third kappa shape index (κ3) is 3.76. The number of aryl methyl sites for hydroxylation is 2. The van der Waals surface area contributed by atoms with Crippen LogP contribution in [0.3, 0.4) is 0 Å². The maximum absolute atomic E-state index is 12.3.